The van der Waals surface area contributed by atoms with Gasteiger partial charge in [0.2, 0.25) is 5.91 Å². The van der Waals surface area contributed by atoms with Crippen LogP contribution in [-0.2, 0) is 9.59 Å². The molecule has 6 rings (SSSR count). The Hall–Kier alpha value is -2.66. The zero-order valence-corrected chi connectivity index (χ0v) is 21.3. The highest BCUT2D eigenvalue weighted by Crippen LogP contribution is 2.40. The molecular weight excluding hydrogens is 458 g/mol. The first kappa shape index (κ1) is 24.1. The van der Waals surface area contributed by atoms with Crippen LogP contribution in [0.3, 0.4) is 0 Å². The molecule has 0 atom stereocenters. The summed E-state index contributed by atoms with van der Waals surface area (Å²) >= 11 is 5.96. The third-order valence-electron chi connectivity index (χ3n) is 7.63. The second-order valence-corrected chi connectivity index (χ2v) is 10.6. The second kappa shape index (κ2) is 10.1. The van der Waals surface area contributed by atoms with Gasteiger partial charge in [-0.25, -0.2) is 0 Å². The highest BCUT2D eigenvalue weighted by atomic mass is 35.5. The van der Waals surface area contributed by atoms with Crippen LogP contribution in [0.5, 0.6) is 0 Å². The molecule has 0 N–H and O–H groups in total. The second-order valence-electron chi connectivity index (χ2n) is 10.1. The van der Waals surface area contributed by atoms with E-state index in [1.54, 1.807) is 0 Å². The monoisotopic (exact) mass is 491 g/mol. The Labute approximate surface area is 213 Å². The van der Waals surface area contributed by atoms with Gasteiger partial charge in [0.05, 0.1) is 0 Å². The fraction of sp³-hybridized carbons (Fsp3) is 0.483. The fourth-order valence-electron chi connectivity index (χ4n) is 5.44. The average molecular weight is 492 g/mol. The van der Waals surface area contributed by atoms with E-state index in [9.17, 15) is 9.59 Å². The lowest BCUT2D eigenvalue weighted by atomic mass is 9.98. The van der Waals surface area contributed by atoms with Gasteiger partial charge in [-0.05, 0) is 68.7 Å². The van der Waals surface area contributed by atoms with Gasteiger partial charge in [-0.3, -0.25) is 19.5 Å². The topological polar surface area (TPSA) is 53.0 Å². The Morgan fingerprint density at radius 3 is 2.00 bits per heavy atom. The Kier molecular flexibility index (Phi) is 6.97. The van der Waals surface area contributed by atoms with Gasteiger partial charge < -0.3 is 4.90 Å². The molecular formula is C29H34ClN3O2. The Balaban J connectivity index is 0.000000211. The fourth-order valence-corrected chi connectivity index (χ4v) is 5.56. The minimum atomic E-state index is -0.486. The molecule has 35 heavy (non-hydrogen) atoms. The van der Waals surface area contributed by atoms with Gasteiger partial charge in [-0.15, -0.1) is 0 Å². The van der Waals surface area contributed by atoms with Gasteiger partial charge in [0.15, 0.2) is 0 Å². The number of carbonyl (C=O) groups is 2. The minimum Gasteiger partial charge on any atom is -0.342 e. The molecule has 2 aliphatic carbocycles. The third-order valence-corrected chi connectivity index (χ3v) is 7.88. The quantitative estimate of drug-likeness (QED) is 0.530. The zero-order chi connectivity index (χ0) is 24.4. The van der Waals surface area contributed by atoms with Crippen LogP contribution >= 0.6 is 11.6 Å². The largest absolute Gasteiger partial charge is 0.342 e. The van der Waals surface area contributed by atoms with Crippen LogP contribution in [0.2, 0.25) is 5.02 Å². The number of rotatable bonds is 4. The Morgan fingerprint density at radius 2 is 1.46 bits per heavy atom. The van der Waals surface area contributed by atoms with Crippen LogP contribution in [0.25, 0.3) is 11.1 Å². The van der Waals surface area contributed by atoms with Crippen molar-refractivity contribution in [3.05, 3.63) is 59.1 Å². The molecule has 0 radical (unpaired) electrons. The highest BCUT2D eigenvalue weighted by Gasteiger charge is 2.49. The lowest BCUT2D eigenvalue weighted by Gasteiger charge is -2.21. The molecule has 0 aromatic heterocycles. The molecule has 2 aliphatic heterocycles. The summed E-state index contributed by atoms with van der Waals surface area (Å²) in [5.41, 5.74) is 2.78. The van der Waals surface area contributed by atoms with Crippen LogP contribution in [0, 0.1) is 5.92 Å². The van der Waals surface area contributed by atoms with Gasteiger partial charge >= 0.3 is 0 Å². The summed E-state index contributed by atoms with van der Waals surface area (Å²) in [6.45, 7) is 4.73. The summed E-state index contributed by atoms with van der Waals surface area (Å²) in [7, 11) is 0. The van der Waals surface area contributed by atoms with Crippen LogP contribution in [0.4, 0.5) is 0 Å². The van der Waals surface area contributed by atoms with Crippen molar-refractivity contribution in [2.24, 2.45) is 10.9 Å². The van der Waals surface area contributed by atoms with Crippen LogP contribution in [0.15, 0.2) is 53.5 Å². The van der Waals surface area contributed by atoms with E-state index in [-0.39, 0.29) is 5.91 Å². The summed E-state index contributed by atoms with van der Waals surface area (Å²) < 4.78 is 0. The predicted octanol–water partition coefficient (Wildman–Crippen LogP) is 5.95. The van der Waals surface area contributed by atoms with Crippen molar-refractivity contribution >= 4 is 29.3 Å². The highest BCUT2D eigenvalue weighted by molar-refractivity contribution is 6.30. The number of benzene rings is 2. The summed E-state index contributed by atoms with van der Waals surface area (Å²) in [6.07, 6.45) is 8.69. The maximum atomic E-state index is 12.9. The van der Waals surface area contributed by atoms with Gasteiger partial charge in [0.25, 0.3) is 5.91 Å². The zero-order valence-electron chi connectivity index (χ0n) is 20.5. The molecule has 2 amide bonds. The molecule has 2 heterocycles. The summed E-state index contributed by atoms with van der Waals surface area (Å²) in [5.74, 6) is 1.87. The molecule has 184 valence electrons. The van der Waals surface area contributed by atoms with Crippen molar-refractivity contribution in [2.75, 3.05) is 19.6 Å². The van der Waals surface area contributed by atoms with Crippen molar-refractivity contribution in [1.82, 2.24) is 9.80 Å². The smallest absolute Gasteiger partial charge is 0.256 e. The summed E-state index contributed by atoms with van der Waals surface area (Å²) in [5, 5.41) is 0.736. The molecule has 4 aliphatic rings. The van der Waals surface area contributed by atoms with E-state index in [0.717, 1.165) is 79.2 Å². The first-order chi connectivity index (χ1) is 17.0. The van der Waals surface area contributed by atoms with Crippen molar-refractivity contribution < 1.29 is 9.59 Å². The van der Waals surface area contributed by atoms with Crippen molar-refractivity contribution in [2.45, 2.75) is 63.8 Å². The number of carbonyl (C=O) groups excluding carboxylic acids is 2. The molecule has 1 saturated heterocycles. The van der Waals surface area contributed by atoms with E-state index in [1.807, 2.05) is 41.0 Å². The SMILES string of the molecule is CCN1C(=O)C2(CCCC2)N=C1c1ccc(-c2ccc(Cl)cc2)cc1.O=C(C1CC1)N1CCCC1. The number of nitrogens with zero attached hydrogens (tertiary/aromatic N) is 3. The molecule has 2 aromatic rings. The van der Waals surface area contributed by atoms with Crippen LogP contribution < -0.4 is 0 Å². The standard InChI is InChI=1S/C21H21ClN2O.C8H13NO/c1-2-24-19(23-21(20(24)25)13-3-4-14-21)17-7-5-15(6-8-17)16-9-11-18(22)12-10-16;10-8(7-3-4-7)9-5-1-2-6-9/h5-12H,2-4,13-14H2,1H3;7H,1-6H2. The molecule has 1 spiro atoms. The number of amidine groups is 1. The lowest BCUT2D eigenvalue weighted by molar-refractivity contribution is -0.131. The first-order valence-electron chi connectivity index (χ1n) is 13.1. The van der Waals surface area contributed by atoms with Gasteiger partial charge in [0.1, 0.15) is 11.4 Å². The van der Waals surface area contributed by atoms with Crippen LogP contribution in [-0.4, -0.2) is 52.6 Å². The van der Waals surface area contributed by atoms with Crippen molar-refractivity contribution in [3.63, 3.8) is 0 Å². The molecule has 0 bridgehead atoms. The minimum absolute atomic E-state index is 0.185. The molecule has 3 fully saturated rings. The van der Waals surface area contributed by atoms with Gasteiger partial charge in [-0.1, -0.05) is 60.8 Å². The van der Waals surface area contributed by atoms with E-state index in [0.29, 0.717) is 18.4 Å². The average Bonchev–Trinajstić information content (AvgIpc) is 3.27. The van der Waals surface area contributed by atoms with Gasteiger partial charge in [0, 0.05) is 36.1 Å². The summed E-state index contributed by atoms with van der Waals surface area (Å²) in [6, 6.07) is 16.1. The molecule has 2 saturated carbocycles. The molecule has 5 nitrogen and oxygen atoms in total. The Morgan fingerprint density at radius 1 is 0.914 bits per heavy atom. The van der Waals surface area contributed by atoms with Crippen LogP contribution in [0.1, 0.15) is 63.9 Å². The van der Waals surface area contributed by atoms with E-state index in [4.69, 9.17) is 16.6 Å². The number of likely N-dealkylation sites (tertiary alicyclic amines) is 1. The van der Waals surface area contributed by atoms with E-state index in [2.05, 4.69) is 24.3 Å². The maximum Gasteiger partial charge on any atom is 0.256 e. The number of hydrogen-bond donors (Lipinski definition) is 0. The normalized spacial score (nSPS) is 20.7. The van der Waals surface area contributed by atoms with Crippen molar-refractivity contribution in [1.29, 1.82) is 0 Å². The molecule has 6 heteroatoms. The van der Waals surface area contributed by atoms with E-state index < -0.39 is 5.54 Å². The number of halogens is 1. The van der Waals surface area contributed by atoms with Crippen molar-refractivity contribution in [3.8, 4) is 11.1 Å². The number of amides is 2. The lowest BCUT2D eigenvalue weighted by Crippen LogP contribution is -2.41. The number of hydrogen-bond acceptors (Lipinski definition) is 3. The predicted molar refractivity (Wildman–Crippen MR) is 141 cm³/mol. The third kappa shape index (κ3) is 5.02. The molecule has 2 aromatic carbocycles. The number of aliphatic imine (C=N–C) groups is 1. The Bertz CT molecular complexity index is 1090. The maximum absolute atomic E-state index is 12.9. The molecule has 0 unspecified atom stereocenters. The summed E-state index contributed by atoms with van der Waals surface area (Å²) in [4.78, 5) is 33.0. The van der Waals surface area contributed by atoms with Gasteiger partial charge in [-0.2, -0.15) is 0 Å². The van der Waals surface area contributed by atoms with E-state index >= 15 is 0 Å². The number of likely N-dealkylation sites (N-methyl/N-ethyl adjacent to an activating group) is 1. The van der Waals surface area contributed by atoms with E-state index in [1.165, 1.54) is 12.8 Å². The first-order valence-corrected chi connectivity index (χ1v) is 13.5.